The number of halogens is 3. The van der Waals surface area contributed by atoms with Crippen LogP contribution in [0.2, 0.25) is 0 Å². The summed E-state index contributed by atoms with van der Waals surface area (Å²) in [7, 11) is 0. The molecule has 3 aromatic carbocycles. The molecule has 0 radical (unpaired) electrons. The normalized spacial score (nSPS) is 12.0. The fraction of sp³-hybridized carbons (Fsp3) is 0.154. The molecule has 2 aromatic heterocycles. The third-order valence-corrected chi connectivity index (χ3v) is 6.76. The van der Waals surface area contributed by atoms with Crippen LogP contribution < -0.4 is 5.56 Å². The highest BCUT2D eigenvalue weighted by Gasteiger charge is 2.30. The Morgan fingerprint density at radius 3 is 2.47 bits per heavy atom. The van der Waals surface area contributed by atoms with Crippen molar-refractivity contribution in [1.82, 2.24) is 14.5 Å². The van der Waals surface area contributed by atoms with Crippen molar-refractivity contribution in [2.45, 2.75) is 30.9 Å². The van der Waals surface area contributed by atoms with Gasteiger partial charge in [0.1, 0.15) is 11.0 Å². The van der Waals surface area contributed by atoms with Crippen LogP contribution in [-0.4, -0.2) is 14.5 Å². The van der Waals surface area contributed by atoms with Gasteiger partial charge in [0, 0.05) is 16.7 Å². The van der Waals surface area contributed by atoms with E-state index in [9.17, 15) is 18.0 Å². The molecule has 0 bridgehead atoms. The maximum absolute atomic E-state index is 13.7. The van der Waals surface area contributed by atoms with E-state index < -0.39 is 11.7 Å². The first kappa shape index (κ1) is 22.3. The Morgan fingerprint density at radius 1 is 1.00 bits per heavy atom. The molecule has 172 valence electrons. The van der Waals surface area contributed by atoms with Crippen molar-refractivity contribution in [1.29, 1.82) is 0 Å². The monoisotopic (exact) mass is 479 g/mol. The number of thioether (sulfide) groups is 1. The van der Waals surface area contributed by atoms with E-state index in [0.717, 1.165) is 39.8 Å². The van der Waals surface area contributed by atoms with Crippen molar-refractivity contribution in [3.8, 4) is 5.69 Å². The molecule has 0 saturated carbocycles. The molecular formula is C26H20F3N3OS. The van der Waals surface area contributed by atoms with E-state index in [4.69, 9.17) is 4.98 Å². The summed E-state index contributed by atoms with van der Waals surface area (Å²) in [6.07, 6.45) is -4.38. The van der Waals surface area contributed by atoms with Gasteiger partial charge in [-0.05, 0) is 54.8 Å². The maximum Gasteiger partial charge on any atom is 0.416 e. The molecule has 0 fully saturated rings. The average molecular weight is 480 g/mol. The number of aryl methyl sites for hydroxylation is 2. The van der Waals surface area contributed by atoms with Gasteiger partial charge >= 0.3 is 6.18 Å². The van der Waals surface area contributed by atoms with Crippen LogP contribution in [0.15, 0.2) is 76.7 Å². The van der Waals surface area contributed by atoms with Crippen molar-refractivity contribution in [2.24, 2.45) is 0 Å². The zero-order valence-electron chi connectivity index (χ0n) is 18.4. The lowest BCUT2D eigenvalue weighted by atomic mass is 10.1. The van der Waals surface area contributed by atoms with Crippen molar-refractivity contribution in [3.05, 3.63) is 99.3 Å². The van der Waals surface area contributed by atoms with Gasteiger partial charge in [0.25, 0.3) is 5.56 Å². The number of hydrogen-bond donors (Lipinski definition) is 1. The Balaban J connectivity index is 1.65. The summed E-state index contributed by atoms with van der Waals surface area (Å²) in [6.45, 7) is 3.89. The molecule has 5 aromatic rings. The minimum atomic E-state index is -4.38. The summed E-state index contributed by atoms with van der Waals surface area (Å²) in [5, 5.41) is 1.33. The van der Waals surface area contributed by atoms with Crippen LogP contribution in [0.25, 0.3) is 27.6 Å². The Labute approximate surface area is 197 Å². The minimum Gasteiger partial charge on any atom is -0.349 e. The first-order valence-corrected chi connectivity index (χ1v) is 11.6. The van der Waals surface area contributed by atoms with Gasteiger partial charge in [0.05, 0.1) is 11.3 Å². The molecule has 0 saturated heterocycles. The number of hydrogen-bond acceptors (Lipinski definition) is 3. The van der Waals surface area contributed by atoms with Crippen molar-refractivity contribution in [2.75, 3.05) is 0 Å². The highest BCUT2D eigenvalue weighted by atomic mass is 32.2. The Hall–Kier alpha value is -3.52. The fourth-order valence-electron chi connectivity index (χ4n) is 3.95. The molecule has 1 N–H and O–H groups in total. The number of H-pyrrole nitrogens is 1. The zero-order chi connectivity index (χ0) is 24.0. The van der Waals surface area contributed by atoms with E-state index in [0.29, 0.717) is 27.5 Å². The second-order valence-corrected chi connectivity index (χ2v) is 9.14. The van der Waals surface area contributed by atoms with Gasteiger partial charge in [0.15, 0.2) is 5.16 Å². The summed E-state index contributed by atoms with van der Waals surface area (Å²) >= 11 is 1.32. The number of para-hydroxylation sites is 1. The van der Waals surface area contributed by atoms with Crippen LogP contribution in [-0.2, 0) is 11.9 Å². The van der Waals surface area contributed by atoms with Crippen molar-refractivity contribution >= 4 is 33.7 Å². The van der Waals surface area contributed by atoms with Crippen LogP contribution in [0, 0.1) is 13.8 Å². The minimum absolute atomic E-state index is 0.218. The lowest BCUT2D eigenvalue weighted by Crippen LogP contribution is -2.22. The smallest absolute Gasteiger partial charge is 0.349 e. The Morgan fingerprint density at radius 2 is 1.74 bits per heavy atom. The predicted molar refractivity (Wildman–Crippen MR) is 130 cm³/mol. The van der Waals surface area contributed by atoms with Crippen molar-refractivity contribution in [3.63, 3.8) is 0 Å². The lowest BCUT2D eigenvalue weighted by molar-refractivity contribution is -0.137. The topological polar surface area (TPSA) is 50.7 Å². The van der Waals surface area contributed by atoms with Gasteiger partial charge in [-0.3, -0.25) is 9.36 Å². The number of rotatable bonds is 4. The van der Waals surface area contributed by atoms with E-state index in [1.165, 1.54) is 23.9 Å². The highest BCUT2D eigenvalue weighted by Crippen LogP contribution is 2.32. The van der Waals surface area contributed by atoms with E-state index >= 15 is 0 Å². The third-order valence-electron chi connectivity index (χ3n) is 5.75. The van der Waals surface area contributed by atoms with E-state index in [1.54, 1.807) is 4.57 Å². The van der Waals surface area contributed by atoms with Crippen LogP contribution in [0.5, 0.6) is 0 Å². The number of alkyl halides is 3. The molecule has 0 aliphatic carbocycles. The number of aromatic amines is 1. The number of benzene rings is 3. The Kier molecular flexibility index (Phi) is 5.48. The molecule has 4 nitrogen and oxygen atoms in total. The lowest BCUT2D eigenvalue weighted by Gasteiger charge is -2.15. The summed E-state index contributed by atoms with van der Waals surface area (Å²) in [5.41, 5.74) is 4.27. The number of aromatic nitrogens is 3. The van der Waals surface area contributed by atoms with Crippen LogP contribution in [0.3, 0.4) is 0 Å². The molecule has 2 heterocycles. The third kappa shape index (κ3) is 3.98. The fourth-order valence-corrected chi connectivity index (χ4v) is 4.90. The second-order valence-electron chi connectivity index (χ2n) is 8.20. The standard InChI is InChI=1S/C26H20F3N3OS/c1-15-7-8-16(2)21(13-15)32-24(33)23-22(19-5-3-4-6-20(19)30-23)31-25(32)34-14-17-9-11-18(12-10-17)26(27,28)29/h3-13,30H,14H2,1-2H3. The second kappa shape index (κ2) is 8.36. The molecule has 5 rings (SSSR count). The predicted octanol–water partition coefficient (Wildman–Crippen LogP) is 6.79. The summed E-state index contributed by atoms with van der Waals surface area (Å²) < 4.78 is 40.3. The summed E-state index contributed by atoms with van der Waals surface area (Å²) in [5.74, 6) is 0.364. The largest absolute Gasteiger partial charge is 0.416 e. The van der Waals surface area contributed by atoms with Gasteiger partial charge in [0.2, 0.25) is 0 Å². The highest BCUT2D eigenvalue weighted by molar-refractivity contribution is 7.98. The average Bonchev–Trinajstić information content (AvgIpc) is 3.18. The van der Waals surface area contributed by atoms with Gasteiger partial charge in [-0.1, -0.05) is 54.2 Å². The molecule has 34 heavy (non-hydrogen) atoms. The number of nitrogens with zero attached hydrogens (tertiary/aromatic N) is 2. The molecule has 0 unspecified atom stereocenters. The van der Waals surface area contributed by atoms with Crippen LogP contribution in [0.1, 0.15) is 22.3 Å². The van der Waals surface area contributed by atoms with E-state index in [-0.39, 0.29) is 5.56 Å². The molecule has 0 aliphatic heterocycles. The molecule has 0 amide bonds. The molecular weight excluding hydrogens is 459 g/mol. The van der Waals surface area contributed by atoms with Crippen LogP contribution >= 0.6 is 11.8 Å². The summed E-state index contributed by atoms with van der Waals surface area (Å²) in [4.78, 5) is 21.8. The van der Waals surface area contributed by atoms with Gasteiger partial charge in [-0.15, -0.1) is 0 Å². The number of nitrogens with one attached hydrogen (secondary N) is 1. The quantitative estimate of drug-likeness (QED) is 0.228. The van der Waals surface area contributed by atoms with Gasteiger partial charge in [-0.2, -0.15) is 13.2 Å². The first-order valence-electron chi connectivity index (χ1n) is 10.6. The molecule has 8 heteroatoms. The van der Waals surface area contributed by atoms with Gasteiger partial charge < -0.3 is 4.98 Å². The maximum atomic E-state index is 13.7. The molecule has 0 aliphatic rings. The van der Waals surface area contributed by atoms with Crippen molar-refractivity contribution < 1.29 is 13.2 Å². The first-order chi connectivity index (χ1) is 16.2. The van der Waals surface area contributed by atoms with E-state index in [2.05, 4.69) is 4.98 Å². The van der Waals surface area contributed by atoms with Crippen LogP contribution in [0.4, 0.5) is 13.2 Å². The molecule has 0 atom stereocenters. The number of fused-ring (bicyclic) bond motifs is 3. The molecule has 0 spiro atoms. The summed E-state index contributed by atoms with van der Waals surface area (Å²) in [6, 6.07) is 18.5. The van der Waals surface area contributed by atoms with Gasteiger partial charge in [-0.25, -0.2) is 4.98 Å². The Bertz CT molecular complexity index is 1580. The zero-order valence-corrected chi connectivity index (χ0v) is 19.2. The van der Waals surface area contributed by atoms with E-state index in [1.807, 2.05) is 56.3 Å². The SMILES string of the molecule is Cc1ccc(C)c(-n2c(SCc3ccc(C(F)(F)F)cc3)nc3c([nH]c4ccccc43)c2=O)c1.